The van der Waals surface area contributed by atoms with Gasteiger partial charge in [-0.3, -0.25) is 4.79 Å². The number of phenols is 1. The minimum atomic E-state index is -0.866. The predicted octanol–water partition coefficient (Wildman–Crippen LogP) is 3.33. The van der Waals surface area contributed by atoms with E-state index in [9.17, 15) is 9.90 Å². The number of hydrogen-bond donors (Lipinski definition) is 2. The lowest BCUT2D eigenvalue weighted by Gasteiger charge is -2.21. The first-order valence-corrected chi connectivity index (χ1v) is 6.61. The SMILES string of the molecule is COc1cc(Cl)c(C)c(C(CC(=O)O)C2CC2)c1O. The fourth-order valence-corrected chi connectivity index (χ4v) is 2.73. The number of aromatic hydroxyl groups is 1. The van der Waals surface area contributed by atoms with E-state index in [4.69, 9.17) is 21.4 Å². The van der Waals surface area contributed by atoms with Crippen molar-refractivity contribution >= 4 is 17.6 Å². The first-order valence-electron chi connectivity index (χ1n) is 6.23. The van der Waals surface area contributed by atoms with Crippen LogP contribution in [0.4, 0.5) is 0 Å². The van der Waals surface area contributed by atoms with E-state index in [1.807, 2.05) is 0 Å². The van der Waals surface area contributed by atoms with Gasteiger partial charge in [0.05, 0.1) is 13.5 Å². The van der Waals surface area contributed by atoms with Gasteiger partial charge in [-0.1, -0.05) is 11.6 Å². The van der Waals surface area contributed by atoms with Crippen LogP contribution in [0.25, 0.3) is 0 Å². The predicted molar refractivity (Wildman–Crippen MR) is 72.1 cm³/mol. The number of benzene rings is 1. The fraction of sp³-hybridized carbons (Fsp3) is 0.500. The number of carboxylic acids is 1. The van der Waals surface area contributed by atoms with Gasteiger partial charge in [0.15, 0.2) is 11.5 Å². The van der Waals surface area contributed by atoms with Crippen LogP contribution < -0.4 is 4.74 Å². The first-order chi connectivity index (χ1) is 8.95. The van der Waals surface area contributed by atoms with E-state index in [0.717, 1.165) is 18.4 Å². The maximum atomic E-state index is 11.0. The Bertz CT molecular complexity index is 509. The maximum Gasteiger partial charge on any atom is 0.303 e. The van der Waals surface area contributed by atoms with Crippen LogP contribution in [0.5, 0.6) is 11.5 Å². The smallest absolute Gasteiger partial charge is 0.303 e. The molecule has 104 valence electrons. The standard InChI is InChI=1S/C14H17ClO4/c1-7-10(15)6-11(19-2)14(18)13(7)9(5-12(16)17)8-3-4-8/h6,8-9,18H,3-5H2,1-2H3,(H,16,17). The molecule has 0 radical (unpaired) electrons. The van der Waals surface area contributed by atoms with Crippen molar-refractivity contribution in [1.29, 1.82) is 0 Å². The minimum Gasteiger partial charge on any atom is -0.504 e. The fourth-order valence-electron chi connectivity index (χ4n) is 2.53. The van der Waals surface area contributed by atoms with Gasteiger partial charge in [0.25, 0.3) is 0 Å². The van der Waals surface area contributed by atoms with Gasteiger partial charge in [-0.05, 0) is 31.2 Å². The molecule has 0 heterocycles. The second-order valence-corrected chi connectivity index (χ2v) is 5.40. The number of ether oxygens (including phenoxy) is 1. The summed E-state index contributed by atoms with van der Waals surface area (Å²) < 4.78 is 5.09. The van der Waals surface area contributed by atoms with Crippen LogP contribution in [0.15, 0.2) is 6.07 Å². The molecule has 1 aromatic carbocycles. The zero-order chi connectivity index (χ0) is 14.2. The van der Waals surface area contributed by atoms with E-state index in [0.29, 0.717) is 22.3 Å². The van der Waals surface area contributed by atoms with Gasteiger partial charge in [0.2, 0.25) is 0 Å². The normalized spacial score (nSPS) is 16.2. The molecule has 1 aliphatic carbocycles. The number of methoxy groups -OCH3 is 1. The molecule has 1 fully saturated rings. The van der Waals surface area contributed by atoms with Crippen molar-refractivity contribution in [2.75, 3.05) is 7.11 Å². The number of carbonyl (C=O) groups is 1. The molecule has 1 aliphatic rings. The summed E-state index contributed by atoms with van der Waals surface area (Å²) in [5.74, 6) is -0.451. The van der Waals surface area contributed by atoms with Crippen molar-refractivity contribution in [1.82, 2.24) is 0 Å². The molecular formula is C14H17ClO4. The quantitative estimate of drug-likeness (QED) is 0.870. The number of phenolic OH excluding ortho intramolecular Hbond substituents is 1. The van der Waals surface area contributed by atoms with E-state index in [1.165, 1.54) is 7.11 Å². The van der Waals surface area contributed by atoms with E-state index in [2.05, 4.69) is 0 Å². The maximum absolute atomic E-state index is 11.0. The molecular weight excluding hydrogens is 268 g/mol. The van der Waals surface area contributed by atoms with Crippen LogP contribution in [0.1, 0.15) is 36.3 Å². The molecule has 0 aliphatic heterocycles. The zero-order valence-corrected chi connectivity index (χ0v) is 11.7. The van der Waals surface area contributed by atoms with Crippen molar-refractivity contribution in [3.05, 3.63) is 22.2 Å². The van der Waals surface area contributed by atoms with E-state index < -0.39 is 5.97 Å². The summed E-state index contributed by atoms with van der Waals surface area (Å²) >= 11 is 6.14. The van der Waals surface area contributed by atoms with Crippen LogP contribution in [-0.2, 0) is 4.79 Å². The average molecular weight is 285 g/mol. The summed E-state index contributed by atoms with van der Waals surface area (Å²) in [6.07, 6.45) is 1.99. The Morgan fingerprint density at radius 2 is 2.21 bits per heavy atom. The van der Waals surface area contributed by atoms with Crippen molar-refractivity contribution in [3.8, 4) is 11.5 Å². The summed E-state index contributed by atoms with van der Waals surface area (Å²) in [4.78, 5) is 11.0. The Morgan fingerprint density at radius 3 is 2.68 bits per heavy atom. The van der Waals surface area contributed by atoms with Crippen molar-refractivity contribution in [2.45, 2.75) is 32.1 Å². The van der Waals surface area contributed by atoms with Gasteiger partial charge in [-0.25, -0.2) is 0 Å². The number of rotatable bonds is 5. The van der Waals surface area contributed by atoms with Crippen molar-refractivity contribution in [2.24, 2.45) is 5.92 Å². The van der Waals surface area contributed by atoms with Gasteiger partial charge < -0.3 is 14.9 Å². The lowest BCUT2D eigenvalue weighted by molar-refractivity contribution is -0.137. The van der Waals surface area contributed by atoms with Crippen LogP contribution in [0.2, 0.25) is 5.02 Å². The first kappa shape index (κ1) is 14.0. The third-order valence-electron chi connectivity index (χ3n) is 3.68. The Balaban J connectivity index is 2.51. The zero-order valence-electron chi connectivity index (χ0n) is 10.9. The van der Waals surface area contributed by atoms with E-state index >= 15 is 0 Å². The minimum absolute atomic E-state index is 0.00254. The Hall–Kier alpha value is -1.42. The van der Waals surface area contributed by atoms with E-state index in [-0.39, 0.29) is 18.1 Å². The molecule has 1 aromatic rings. The third-order valence-corrected chi connectivity index (χ3v) is 4.08. The summed E-state index contributed by atoms with van der Waals surface area (Å²) in [5, 5.41) is 19.8. The average Bonchev–Trinajstić information content (AvgIpc) is 3.16. The molecule has 1 unspecified atom stereocenters. The van der Waals surface area contributed by atoms with Crippen molar-refractivity contribution in [3.63, 3.8) is 0 Å². The number of halogens is 1. The molecule has 5 heteroatoms. The van der Waals surface area contributed by atoms with E-state index in [1.54, 1.807) is 13.0 Å². The second kappa shape index (κ2) is 5.29. The highest BCUT2D eigenvalue weighted by molar-refractivity contribution is 6.31. The molecule has 19 heavy (non-hydrogen) atoms. The van der Waals surface area contributed by atoms with Crippen LogP contribution in [0.3, 0.4) is 0 Å². The highest BCUT2D eigenvalue weighted by Gasteiger charge is 2.37. The molecule has 0 amide bonds. The van der Waals surface area contributed by atoms with Gasteiger partial charge in [0.1, 0.15) is 0 Å². The number of aliphatic carboxylic acids is 1. The molecule has 0 bridgehead atoms. The molecule has 4 nitrogen and oxygen atoms in total. The number of hydrogen-bond acceptors (Lipinski definition) is 3. The summed E-state index contributed by atoms with van der Waals surface area (Å²) in [5.41, 5.74) is 1.35. The molecule has 0 spiro atoms. The monoisotopic (exact) mass is 284 g/mol. The number of carboxylic acid groups (broad SMARTS) is 1. The molecule has 0 aromatic heterocycles. The molecule has 0 saturated heterocycles. The second-order valence-electron chi connectivity index (χ2n) is 4.99. The lowest BCUT2D eigenvalue weighted by atomic mass is 9.87. The third kappa shape index (κ3) is 2.78. The Labute approximate surface area is 117 Å². The van der Waals surface area contributed by atoms with Crippen molar-refractivity contribution < 1.29 is 19.7 Å². The highest BCUT2D eigenvalue weighted by Crippen LogP contribution is 2.51. The Morgan fingerprint density at radius 1 is 1.58 bits per heavy atom. The topological polar surface area (TPSA) is 66.8 Å². The molecule has 2 N–H and O–H groups in total. The van der Waals surface area contributed by atoms with Crippen LogP contribution >= 0.6 is 11.6 Å². The molecule has 1 atom stereocenters. The van der Waals surface area contributed by atoms with Crippen LogP contribution in [0, 0.1) is 12.8 Å². The lowest BCUT2D eigenvalue weighted by Crippen LogP contribution is -2.10. The highest BCUT2D eigenvalue weighted by atomic mass is 35.5. The largest absolute Gasteiger partial charge is 0.504 e. The van der Waals surface area contributed by atoms with Gasteiger partial charge in [-0.15, -0.1) is 0 Å². The molecule has 1 saturated carbocycles. The van der Waals surface area contributed by atoms with Gasteiger partial charge in [-0.2, -0.15) is 0 Å². The summed E-state index contributed by atoms with van der Waals surface area (Å²) in [7, 11) is 1.45. The summed E-state index contributed by atoms with van der Waals surface area (Å²) in [6, 6.07) is 1.56. The van der Waals surface area contributed by atoms with Gasteiger partial charge in [0, 0.05) is 22.6 Å². The Kier molecular flexibility index (Phi) is 3.90. The summed E-state index contributed by atoms with van der Waals surface area (Å²) in [6.45, 7) is 1.80. The van der Waals surface area contributed by atoms with Gasteiger partial charge >= 0.3 is 5.97 Å². The van der Waals surface area contributed by atoms with Crippen LogP contribution in [-0.4, -0.2) is 23.3 Å². The molecule has 2 rings (SSSR count).